The van der Waals surface area contributed by atoms with Crippen molar-refractivity contribution in [3.8, 4) is 5.75 Å². The Morgan fingerprint density at radius 2 is 2.00 bits per heavy atom. The molecule has 0 aliphatic heterocycles. The summed E-state index contributed by atoms with van der Waals surface area (Å²) in [6.45, 7) is 0.415. The van der Waals surface area contributed by atoms with E-state index in [1.807, 2.05) is 24.3 Å². The maximum atomic E-state index is 12.5. The molecule has 3 N–H and O–H groups in total. The second-order valence-corrected chi connectivity index (χ2v) is 6.21. The highest BCUT2D eigenvalue weighted by Crippen LogP contribution is 2.39. The van der Waals surface area contributed by atoms with Crippen LogP contribution in [0.5, 0.6) is 5.75 Å². The third kappa shape index (κ3) is 3.94. The number of para-hydroxylation sites is 2. The van der Waals surface area contributed by atoms with Crippen LogP contribution in [0.25, 0.3) is 0 Å². The van der Waals surface area contributed by atoms with Gasteiger partial charge in [-0.2, -0.15) is 0 Å². The van der Waals surface area contributed by atoms with Crippen molar-refractivity contribution in [2.75, 3.05) is 33.1 Å². The number of guanidine groups is 1. The van der Waals surface area contributed by atoms with E-state index >= 15 is 0 Å². The number of methoxy groups -OCH3 is 1. The van der Waals surface area contributed by atoms with Crippen LogP contribution in [0.2, 0.25) is 0 Å². The van der Waals surface area contributed by atoms with Crippen LogP contribution in [0.4, 0.5) is 5.69 Å². The van der Waals surface area contributed by atoms with Gasteiger partial charge in [-0.1, -0.05) is 25.0 Å². The Labute approximate surface area is 137 Å². The van der Waals surface area contributed by atoms with Crippen molar-refractivity contribution >= 4 is 17.6 Å². The number of nitrogens with zero attached hydrogens (tertiary/aromatic N) is 2. The summed E-state index contributed by atoms with van der Waals surface area (Å²) in [5.41, 5.74) is 6.35. The van der Waals surface area contributed by atoms with Gasteiger partial charge in [0.25, 0.3) is 0 Å². The fourth-order valence-electron chi connectivity index (χ4n) is 3.13. The summed E-state index contributed by atoms with van der Waals surface area (Å²) >= 11 is 0. The van der Waals surface area contributed by atoms with Crippen molar-refractivity contribution in [1.82, 2.24) is 4.90 Å². The molecule has 1 amide bonds. The zero-order chi connectivity index (χ0) is 16.9. The quantitative estimate of drug-likeness (QED) is 0.643. The maximum absolute atomic E-state index is 12.5. The molecule has 0 saturated heterocycles. The van der Waals surface area contributed by atoms with Gasteiger partial charge >= 0.3 is 0 Å². The molecule has 2 rings (SSSR count). The van der Waals surface area contributed by atoms with E-state index in [0.717, 1.165) is 31.4 Å². The Hall–Kier alpha value is -2.24. The second kappa shape index (κ2) is 7.35. The zero-order valence-corrected chi connectivity index (χ0v) is 14.1. The lowest BCUT2D eigenvalue weighted by molar-refractivity contribution is -0.138. The fourth-order valence-corrected chi connectivity index (χ4v) is 3.13. The molecule has 1 aromatic carbocycles. The lowest BCUT2D eigenvalue weighted by Crippen LogP contribution is -2.41. The highest BCUT2D eigenvalue weighted by Gasteiger charge is 2.41. The molecule has 1 aliphatic rings. The number of benzene rings is 1. The minimum atomic E-state index is -0.406. The average Bonchev–Trinajstić information content (AvgIpc) is 3.02. The molecule has 23 heavy (non-hydrogen) atoms. The SMILES string of the molecule is COc1ccccc1NC(N)=NCC1(C(=O)N(C)C)CCCC1. The molecular formula is C17H26N4O2. The first-order chi connectivity index (χ1) is 11.0. The number of amides is 1. The summed E-state index contributed by atoms with van der Waals surface area (Å²) in [6, 6.07) is 7.51. The largest absolute Gasteiger partial charge is 0.495 e. The molecule has 0 unspecified atom stereocenters. The van der Waals surface area contributed by atoms with Gasteiger partial charge in [-0.3, -0.25) is 9.79 Å². The predicted molar refractivity (Wildman–Crippen MR) is 92.7 cm³/mol. The molecule has 0 bridgehead atoms. The van der Waals surface area contributed by atoms with Crippen LogP contribution in [-0.4, -0.2) is 44.5 Å². The molecule has 0 aromatic heterocycles. The minimum absolute atomic E-state index is 0.142. The number of nitrogens with two attached hydrogens (primary N) is 1. The van der Waals surface area contributed by atoms with Gasteiger partial charge in [0.1, 0.15) is 5.75 Å². The van der Waals surface area contributed by atoms with E-state index in [0.29, 0.717) is 18.3 Å². The molecule has 1 aromatic rings. The second-order valence-electron chi connectivity index (χ2n) is 6.21. The molecule has 0 heterocycles. The molecule has 6 nitrogen and oxygen atoms in total. The third-order valence-corrected chi connectivity index (χ3v) is 4.34. The van der Waals surface area contributed by atoms with Crippen molar-refractivity contribution < 1.29 is 9.53 Å². The van der Waals surface area contributed by atoms with Crippen molar-refractivity contribution in [3.05, 3.63) is 24.3 Å². The summed E-state index contributed by atoms with van der Waals surface area (Å²) in [6.07, 6.45) is 3.87. The van der Waals surface area contributed by atoms with E-state index in [4.69, 9.17) is 10.5 Å². The van der Waals surface area contributed by atoms with E-state index < -0.39 is 5.41 Å². The van der Waals surface area contributed by atoms with Gasteiger partial charge in [-0.05, 0) is 25.0 Å². The number of nitrogens with one attached hydrogen (secondary N) is 1. The van der Waals surface area contributed by atoms with E-state index in [1.54, 1.807) is 26.1 Å². The molecule has 126 valence electrons. The number of anilines is 1. The molecule has 6 heteroatoms. The number of hydrogen-bond donors (Lipinski definition) is 2. The number of aliphatic imine (C=N–C) groups is 1. The first-order valence-electron chi connectivity index (χ1n) is 7.90. The van der Waals surface area contributed by atoms with Crippen molar-refractivity contribution in [2.24, 2.45) is 16.1 Å². The van der Waals surface area contributed by atoms with Crippen LogP contribution in [0.15, 0.2) is 29.3 Å². The van der Waals surface area contributed by atoms with Crippen LogP contribution < -0.4 is 15.8 Å². The molecule has 0 spiro atoms. The van der Waals surface area contributed by atoms with Gasteiger partial charge in [0.2, 0.25) is 5.91 Å². The first-order valence-corrected chi connectivity index (χ1v) is 7.90. The zero-order valence-electron chi connectivity index (χ0n) is 14.1. The van der Waals surface area contributed by atoms with Crippen LogP contribution in [-0.2, 0) is 4.79 Å². The Kier molecular flexibility index (Phi) is 5.47. The number of ether oxygens (including phenoxy) is 1. The smallest absolute Gasteiger partial charge is 0.230 e. The summed E-state index contributed by atoms with van der Waals surface area (Å²) < 4.78 is 5.28. The summed E-state index contributed by atoms with van der Waals surface area (Å²) in [5, 5.41) is 3.05. The van der Waals surface area contributed by atoms with E-state index in [2.05, 4.69) is 10.3 Å². The minimum Gasteiger partial charge on any atom is -0.495 e. The molecule has 1 fully saturated rings. The first kappa shape index (κ1) is 17.1. The van der Waals surface area contributed by atoms with Gasteiger partial charge in [0, 0.05) is 14.1 Å². The highest BCUT2D eigenvalue weighted by molar-refractivity contribution is 5.94. The Morgan fingerprint density at radius 1 is 1.35 bits per heavy atom. The maximum Gasteiger partial charge on any atom is 0.230 e. The lowest BCUT2D eigenvalue weighted by atomic mass is 9.85. The van der Waals surface area contributed by atoms with Gasteiger partial charge in [0.15, 0.2) is 5.96 Å². The Bertz CT molecular complexity index is 578. The van der Waals surface area contributed by atoms with Gasteiger partial charge in [0.05, 0.1) is 24.8 Å². The normalized spacial score (nSPS) is 16.9. The van der Waals surface area contributed by atoms with Gasteiger partial charge in [-0.25, -0.2) is 0 Å². The van der Waals surface area contributed by atoms with E-state index in [-0.39, 0.29) is 5.91 Å². The standard InChI is InChI=1S/C17H26N4O2/c1-21(2)15(22)17(10-6-7-11-17)12-19-16(18)20-13-8-4-5-9-14(13)23-3/h4-5,8-9H,6-7,10-12H2,1-3H3,(H3,18,19,20). The van der Waals surface area contributed by atoms with Crippen LogP contribution in [0, 0.1) is 5.41 Å². The Morgan fingerprint density at radius 3 is 2.61 bits per heavy atom. The number of carbonyl (C=O) groups excluding carboxylic acids is 1. The topological polar surface area (TPSA) is 80.0 Å². The van der Waals surface area contributed by atoms with Crippen molar-refractivity contribution in [1.29, 1.82) is 0 Å². The number of carbonyl (C=O) groups is 1. The molecule has 0 atom stereocenters. The van der Waals surface area contributed by atoms with Gasteiger partial charge in [-0.15, -0.1) is 0 Å². The van der Waals surface area contributed by atoms with E-state index in [1.165, 1.54) is 0 Å². The number of rotatable bonds is 5. The predicted octanol–water partition coefficient (Wildman–Crippen LogP) is 2.07. The van der Waals surface area contributed by atoms with E-state index in [9.17, 15) is 4.79 Å². The van der Waals surface area contributed by atoms with Crippen LogP contribution in [0.3, 0.4) is 0 Å². The average molecular weight is 318 g/mol. The molecule has 1 aliphatic carbocycles. The van der Waals surface area contributed by atoms with Crippen LogP contribution >= 0.6 is 0 Å². The molecule has 1 saturated carbocycles. The summed E-state index contributed by atoms with van der Waals surface area (Å²) in [5.74, 6) is 1.14. The fraction of sp³-hybridized carbons (Fsp3) is 0.529. The third-order valence-electron chi connectivity index (χ3n) is 4.34. The monoisotopic (exact) mass is 318 g/mol. The number of hydrogen-bond acceptors (Lipinski definition) is 3. The highest BCUT2D eigenvalue weighted by atomic mass is 16.5. The summed E-state index contributed by atoms with van der Waals surface area (Å²) in [7, 11) is 5.20. The summed E-state index contributed by atoms with van der Waals surface area (Å²) in [4.78, 5) is 18.6. The van der Waals surface area contributed by atoms with Crippen LogP contribution in [0.1, 0.15) is 25.7 Å². The van der Waals surface area contributed by atoms with Crippen molar-refractivity contribution in [2.45, 2.75) is 25.7 Å². The molecular weight excluding hydrogens is 292 g/mol. The molecule has 0 radical (unpaired) electrons. The Balaban J connectivity index is 2.09. The lowest BCUT2D eigenvalue weighted by Gasteiger charge is -2.29. The van der Waals surface area contributed by atoms with Crippen molar-refractivity contribution in [3.63, 3.8) is 0 Å². The van der Waals surface area contributed by atoms with Gasteiger partial charge < -0.3 is 20.7 Å².